The van der Waals surface area contributed by atoms with Crippen LogP contribution in [0.3, 0.4) is 0 Å². The summed E-state index contributed by atoms with van der Waals surface area (Å²) in [5.74, 6) is 0.469. The monoisotopic (exact) mass is 411 g/mol. The molecule has 154 valence electrons. The van der Waals surface area contributed by atoms with E-state index in [-0.39, 0.29) is 22.8 Å². The summed E-state index contributed by atoms with van der Waals surface area (Å²) in [6.07, 6.45) is -0.575. The molecule has 0 radical (unpaired) electrons. The van der Waals surface area contributed by atoms with Crippen molar-refractivity contribution in [3.63, 3.8) is 0 Å². The van der Waals surface area contributed by atoms with Gasteiger partial charge in [0.25, 0.3) is 10.8 Å². The first-order chi connectivity index (χ1) is 13.0. The van der Waals surface area contributed by atoms with Crippen molar-refractivity contribution in [3.8, 4) is 0 Å². The van der Waals surface area contributed by atoms with Crippen LogP contribution in [0, 0.1) is 12.8 Å². The van der Waals surface area contributed by atoms with Crippen LogP contribution in [0.5, 0.6) is 0 Å². The summed E-state index contributed by atoms with van der Waals surface area (Å²) in [6, 6.07) is -0.519. The van der Waals surface area contributed by atoms with E-state index in [1.807, 2.05) is 13.8 Å². The molecule has 0 saturated carbocycles. The van der Waals surface area contributed by atoms with E-state index in [1.54, 1.807) is 27.7 Å². The van der Waals surface area contributed by atoms with Crippen molar-refractivity contribution in [3.05, 3.63) is 38.0 Å². The number of hydrogen-bond acceptors (Lipinski definition) is 8. The van der Waals surface area contributed by atoms with E-state index in [1.165, 1.54) is 0 Å². The Kier molecular flexibility index (Phi) is 6.70. The van der Waals surface area contributed by atoms with Crippen molar-refractivity contribution >= 4 is 17.9 Å². The summed E-state index contributed by atoms with van der Waals surface area (Å²) in [7, 11) is 0. The molecule has 0 fully saturated rings. The lowest BCUT2D eigenvalue weighted by atomic mass is 10.1. The summed E-state index contributed by atoms with van der Waals surface area (Å²) in [6.45, 7) is 10.8. The van der Waals surface area contributed by atoms with Gasteiger partial charge in [0.1, 0.15) is 11.6 Å². The SMILES string of the molecule is Cc1[nH]c(=O)[nH]c(=O)c1CSc1nnc([C@H](NC(=O)OC(C)(C)C)C(C)C)o1. The van der Waals surface area contributed by atoms with Gasteiger partial charge in [-0.25, -0.2) is 9.59 Å². The predicted octanol–water partition coefficient (Wildman–Crippen LogP) is 2.27. The second kappa shape index (κ2) is 8.63. The van der Waals surface area contributed by atoms with Gasteiger partial charge < -0.3 is 19.5 Å². The Hall–Kier alpha value is -2.56. The van der Waals surface area contributed by atoms with Crippen LogP contribution in [0.15, 0.2) is 19.2 Å². The maximum Gasteiger partial charge on any atom is 0.408 e. The van der Waals surface area contributed by atoms with E-state index < -0.39 is 29.0 Å². The molecule has 2 aromatic heterocycles. The summed E-state index contributed by atoms with van der Waals surface area (Å²) >= 11 is 1.16. The zero-order valence-electron chi connectivity index (χ0n) is 16.7. The second-order valence-electron chi connectivity index (χ2n) is 7.57. The van der Waals surface area contributed by atoms with Gasteiger partial charge in [-0.1, -0.05) is 25.6 Å². The van der Waals surface area contributed by atoms with Crippen molar-refractivity contribution in [2.24, 2.45) is 5.92 Å². The topological polar surface area (TPSA) is 143 Å². The van der Waals surface area contributed by atoms with Crippen LogP contribution in [-0.4, -0.2) is 31.9 Å². The van der Waals surface area contributed by atoms with Crippen LogP contribution in [0.4, 0.5) is 4.79 Å². The molecule has 28 heavy (non-hydrogen) atoms. The van der Waals surface area contributed by atoms with Crippen molar-refractivity contribution in [1.82, 2.24) is 25.5 Å². The first-order valence-corrected chi connectivity index (χ1v) is 9.72. The number of amides is 1. The molecule has 2 rings (SSSR count). The fraction of sp³-hybridized carbons (Fsp3) is 0.588. The molecule has 2 heterocycles. The standard InChI is InChI=1S/C17H25N5O5S/c1-8(2)11(19-15(25)27-17(4,5)6)13-21-22-16(26-13)28-7-10-9(3)18-14(24)20-12(10)23/h8,11H,7H2,1-6H3,(H,19,25)(H2,18,20,23,24)/t11-/m1/s1. The molecular weight excluding hydrogens is 386 g/mol. The molecule has 11 heteroatoms. The number of aryl methyl sites for hydroxylation is 1. The van der Waals surface area contributed by atoms with Gasteiger partial charge in [0.2, 0.25) is 5.89 Å². The Morgan fingerprint density at radius 1 is 1.25 bits per heavy atom. The minimum atomic E-state index is -0.622. The van der Waals surface area contributed by atoms with Crippen LogP contribution in [0.2, 0.25) is 0 Å². The minimum absolute atomic E-state index is 0.0184. The third-order valence-corrected chi connectivity index (χ3v) is 4.47. The molecule has 0 unspecified atom stereocenters. The number of thioether (sulfide) groups is 1. The number of carbonyl (C=O) groups excluding carboxylic acids is 1. The van der Waals surface area contributed by atoms with Gasteiger partial charge in [0.05, 0.1) is 0 Å². The highest BCUT2D eigenvalue weighted by atomic mass is 32.2. The molecule has 0 aliphatic heterocycles. The molecule has 0 saturated heterocycles. The number of carbonyl (C=O) groups is 1. The lowest BCUT2D eigenvalue weighted by Gasteiger charge is -2.23. The molecule has 10 nitrogen and oxygen atoms in total. The van der Waals surface area contributed by atoms with Crippen LogP contribution in [-0.2, 0) is 10.5 Å². The molecule has 2 aromatic rings. The number of hydrogen-bond donors (Lipinski definition) is 3. The van der Waals surface area contributed by atoms with Crippen LogP contribution in [0.25, 0.3) is 0 Å². The summed E-state index contributed by atoms with van der Waals surface area (Å²) in [5, 5.41) is 11.0. The van der Waals surface area contributed by atoms with Gasteiger partial charge in [-0.05, 0) is 33.6 Å². The number of aromatic nitrogens is 4. The fourth-order valence-corrected chi connectivity index (χ4v) is 3.14. The van der Waals surface area contributed by atoms with Crippen molar-refractivity contribution < 1.29 is 13.9 Å². The number of aromatic amines is 2. The van der Waals surface area contributed by atoms with Gasteiger partial charge in [0.15, 0.2) is 0 Å². The van der Waals surface area contributed by atoms with Gasteiger partial charge >= 0.3 is 11.8 Å². The van der Waals surface area contributed by atoms with E-state index in [0.29, 0.717) is 11.3 Å². The lowest BCUT2D eigenvalue weighted by molar-refractivity contribution is 0.0477. The summed E-state index contributed by atoms with van der Waals surface area (Å²) in [4.78, 5) is 40.0. The quantitative estimate of drug-likeness (QED) is 0.614. The van der Waals surface area contributed by atoms with E-state index in [4.69, 9.17) is 9.15 Å². The average Bonchev–Trinajstić information content (AvgIpc) is 2.98. The predicted molar refractivity (Wildman–Crippen MR) is 103 cm³/mol. The largest absolute Gasteiger partial charge is 0.444 e. The smallest absolute Gasteiger partial charge is 0.408 e. The molecular formula is C17H25N5O5S. The Morgan fingerprint density at radius 2 is 1.93 bits per heavy atom. The highest BCUT2D eigenvalue weighted by molar-refractivity contribution is 7.98. The lowest BCUT2D eigenvalue weighted by Crippen LogP contribution is -2.37. The number of H-pyrrole nitrogens is 2. The van der Waals surface area contributed by atoms with Crippen molar-refractivity contribution in [2.75, 3.05) is 0 Å². The first kappa shape index (κ1) is 21.7. The Balaban J connectivity index is 2.09. The number of nitrogens with one attached hydrogen (secondary N) is 3. The third-order valence-electron chi connectivity index (χ3n) is 3.62. The van der Waals surface area contributed by atoms with Gasteiger partial charge in [-0.3, -0.25) is 9.78 Å². The van der Waals surface area contributed by atoms with E-state index in [0.717, 1.165) is 11.8 Å². The van der Waals surface area contributed by atoms with Crippen LogP contribution in [0.1, 0.15) is 57.8 Å². The van der Waals surface area contributed by atoms with Gasteiger partial charge in [-0.2, -0.15) is 0 Å². The van der Waals surface area contributed by atoms with E-state index in [2.05, 4.69) is 25.5 Å². The van der Waals surface area contributed by atoms with E-state index >= 15 is 0 Å². The average molecular weight is 411 g/mol. The Labute approximate surface area is 165 Å². The normalized spacial score (nSPS) is 12.8. The Morgan fingerprint density at radius 3 is 2.50 bits per heavy atom. The highest BCUT2D eigenvalue weighted by Gasteiger charge is 2.27. The highest BCUT2D eigenvalue weighted by Crippen LogP contribution is 2.26. The maximum atomic E-state index is 12.1. The molecule has 0 aliphatic carbocycles. The van der Waals surface area contributed by atoms with Gasteiger partial charge in [-0.15, -0.1) is 10.2 Å². The number of alkyl carbamates (subject to hydrolysis) is 1. The molecule has 1 amide bonds. The van der Waals surface area contributed by atoms with E-state index in [9.17, 15) is 14.4 Å². The molecule has 3 N–H and O–H groups in total. The summed E-state index contributed by atoms with van der Waals surface area (Å²) < 4.78 is 10.9. The van der Waals surface area contributed by atoms with Crippen LogP contribution < -0.4 is 16.6 Å². The maximum absolute atomic E-state index is 12.1. The molecule has 0 aromatic carbocycles. The number of nitrogens with zero attached hydrogens (tertiary/aromatic N) is 2. The minimum Gasteiger partial charge on any atom is -0.444 e. The van der Waals surface area contributed by atoms with Gasteiger partial charge in [0, 0.05) is 17.0 Å². The zero-order valence-corrected chi connectivity index (χ0v) is 17.5. The second-order valence-corrected chi connectivity index (χ2v) is 8.50. The molecule has 1 atom stereocenters. The fourth-order valence-electron chi connectivity index (χ4n) is 2.29. The Bertz CT molecular complexity index is 940. The number of ether oxygens (including phenoxy) is 1. The molecule has 0 spiro atoms. The molecule has 0 bridgehead atoms. The number of rotatable bonds is 6. The van der Waals surface area contributed by atoms with Crippen molar-refractivity contribution in [2.45, 2.75) is 64.2 Å². The third kappa shape index (κ3) is 5.98. The van der Waals surface area contributed by atoms with Crippen molar-refractivity contribution in [1.29, 1.82) is 0 Å². The van der Waals surface area contributed by atoms with Crippen LogP contribution >= 0.6 is 11.8 Å². The molecule has 0 aliphatic rings. The summed E-state index contributed by atoms with van der Waals surface area (Å²) in [5.41, 5.74) is -0.739. The zero-order chi connectivity index (χ0) is 21.1. The first-order valence-electron chi connectivity index (χ1n) is 8.74.